The SMILES string of the molecule is C=C(N)C(C(C)=O)C(C)CN. The molecule has 0 aromatic heterocycles. The molecule has 3 heteroatoms. The van der Waals surface area contributed by atoms with Crippen LogP contribution in [0.5, 0.6) is 0 Å². The van der Waals surface area contributed by atoms with E-state index in [4.69, 9.17) is 11.5 Å². The van der Waals surface area contributed by atoms with Crippen LogP contribution >= 0.6 is 0 Å². The molecule has 0 amide bonds. The van der Waals surface area contributed by atoms with Crippen molar-refractivity contribution in [1.29, 1.82) is 0 Å². The molecule has 4 N–H and O–H groups in total. The summed E-state index contributed by atoms with van der Waals surface area (Å²) in [7, 11) is 0. The Morgan fingerprint density at radius 1 is 1.64 bits per heavy atom. The molecule has 0 rings (SSSR count). The topological polar surface area (TPSA) is 69.1 Å². The normalized spacial score (nSPS) is 15.5. The van der Waals surface area contributed by atoms with E-state index in [0.717, 1.165) is 0 Å². The van der Waals surface area contributed by atoms with Crippen molar-refractivity contribution >= 4 is 5.78 Å². The fourth-order valence-corrected chi connectivity index (χ4v) is 1.16. The van der Waals surface area contributed by atoms with Crippen molar-refractivity contribution in [1.82, 2.24) is 0 Å². The number of rotatable bonds is 4. The summed E-state index contributed by atoms with van der Waals surface area (Å²) in [4.78, 5) is 11.0. The molecule has 2 unspecified atom stereocenters. The first-order valence-corrected chi connectivity index (χ1v) is 3.65. The first-order chi connectivity index (χ1) is 5.00. The number of hydrogen-bond acceptors (Lipinski definition) is 3. The zero-order valence-corrected chi connectivity index (χ0v) is 7.13. The number of hydrogen-bond donors (Lipinski definition) is 2. The fourth-order valence-electron chi connectivity index (χ4n) is 1.16. The highest BCUT2D eigenvalue weighted by Crippen LogP contribution is 2.15. The van der Waals surface area contributed by atoms with Gasteiger partial charge in [0.15, 0.2) is 0 Å². The highest BCUT2D eigenvalue weighted by Gasteiger charge is 2.21. The lowest BCUT2D eigenvalue weighted by Gasteiger charge is -2.19. The van der Waals surface area contributed by atoms with Crippen molar-refractivity contribution in [2.45, 2.75) is 13.8 Å². The van der Waals surface area contributed by atoms with Crippen LogP contribution in [0.25, 0.3) is 0 Å². The van der Waals surface area contributed by atoms with Gasteiger partial charge in [0.25, 0.3) is 0 Å². The molecule has 64 valence electrons. The molecule has 0 aliphatic rings. The van der Waals surface area contributed by atoms with Crippen LogP contribution in [-0.4, -0.2) is 12.3 Å². The monoisotopic (exact) mass is 156 g/mol. The van der Waals surface area contributed by atoms with Crippen molar-refractivity contribution < 1.29 is 4.79 Å². The van der Waals surface area contributed by atoms with Crippen LogP contribution in [0.15, 0.2) is 12.3 Å². The Bertz CT molecular complexity index is 151. The summed E-state index contributed by atoms with van der Waals surface area (Å²) in [6.45, 7) is 7.41. The van der Waals surface area contributed by atoms with Gasteiger partial charge in [-0.1, -0.05) is 13.5 Å². The van der Waals surface area contributed by atoms with Crippen molar-refractivity contribution in [3.63, 3.8) is 0 Å². The summed E-state index contributed by atoms with van der Waals surface area (Å²) >= 11 is 0. The molecule has 0 aliphatic heterocycles. The predicted molar refractivity (Wildman–Crippen MR) is 45.7 cm³/mol. The number of Topliss-reactive ketones (excluding diaryl/α,β-unsaturated/α-hetero) is 1. The third kappa shape index (κ3) is 2.72. The van der Waals surface area contributed by atoms with Gasteiger partial charge in [0, 0.05) is 5.70 Å². The van der Waals surface area contributed by atoms with Crippen molar-refractivity contribution in [2.75, 3.05) is 6.54 Å². The minimum atomic E-state index is -0.278. The van der Waals surface area contributed by atoms with Gasteiger partial charge in [-0.05, 0) is 19.4 Å². The van der Waals surface area contributed by atoms with Crippen LogP contribution in [0.1, 0.15) is 13.8 Å². The molecule has 2 atom stereocenters. The zero-order chi connectivity index (χ0) is 9.02. The van der Waals surface area contributed by atoms with Gasteiger partial charge in [-0.3, -0.25) is 4.79 Å². The van der Waals surface area contributed by atoms with E-state index in [1.807, 2.05) is 6.92 Å². The average Bonchev–Trinajstić information content (AvgIpc) is 1.85. The summed E-state index contributed by atoms with van der Waals surface area (Å²) in [5.74, 6) is -0.152. The maximum absolute atomic E-state index is 11.0. The molecule has 0 spiro atoms. The summed E-state index contributed by atoms with van der Waals surface area (Å²) < 4.78 is 0. The third-order valence-electron chi connectivity index (χ3n) is 1.78. The van der Waals surface area contributed by atoms with E-state index in [2.05, 4.69) is 6.58 Å². The second kappa shape index (κ2) is 4.13. The van der Waals surface area contributed by atoms with Gasteiger partial charge < -0.3 is 11.5 Å². The standard InChI is InChI=1S/C8H16N2O/c1-5(4-9)8(6(2)10)7(3)11/h5,8H,2,4,9-10H2,1,3H3. The second-order valence-corrected chi connectivity index (χ2v) is 2.88. The van der Waals surface area contributed by atoms with Gasteiger partial charge in [0.2, 0.25) is 0 Å². The van der Waals surface area contributed by atoms with E-state index in [1.54, 1.807) is 0 Å². The molecule has 11 heavy (non-hydrogen) atoms. The lowest BCUT2D eigenvalue weighted by molar-refractivity contribution is -0.120. The van der Waals surface area contributed by atoms with Gasteiger partial charge in [-0.15, -0.1) is 0 Å². The highest BCUT2D eigenvalue weighted by atomic mass is 16.1. The molecule has 0 aliphatic carbocycles. The van der Waals surface area contributed by atoms with Gasteiger partial charge in [0.1, 0.15) is 5.78 Å². The van der Waals surface area contributed by atoms with Crippen LogP contribution in [0.4, 0.5) is 0 Å². The highest BCUT2D eigenvalue weighted by molar-refractivity contribution is 5.81. The van der Waals surface area contributed by atoms with Crippen molar-refractivity contribution in [3.8, 4) is 0 Å². The maximum Gasteiger partial charge on any atom is 0.139 e. The van der Waals surface area contributed by atoms with Gasteiger partial charge in [0.05, 0.1) is 5.92 Å². The van der Waals surface area contributed by atoms with Gasteiger partial charge in [-0.2, -0.15) is 0 Å². The Hall–Kier alpha value is -0.830. The quantitative estimate of drug-likeness (QED) is 0.613. The van der Waals surface area contributed by atoms with E-state index in [-0.39, 0.29) is 17.6 Å². The molecule has 0 saturated carbocycles. The van der Waals surface area contributed by atoms with Gasteiger partial charge >= 0.3 is 0 Å². The lowest BCUT2D eigenvalue weighted by atomic mass is 9.88. The summed E-state index contributed by atoms with van der Waals surface area (Å²) in [5.41, 5.74) is 11.3. The lowest BCUT2D eigenvalue weighted by Crippen LogP contribution is -2.30. The van der Waals surface area contributed by atoms with E-state index < -0.39 is 0 Å². The molecule has 0 saturated heterocycles. The third-order valence-corrected chi connectivity index (χ3v) is 1.78. The number of allylic oxidation sites excluding steroid dienone is 1. The number of ketones is 1. The number of carbonyl (C=O) groups excluding carboxylic acids is 1. The largest absolute Gasteiger partial charge is 0.402 e. The van der Waals surface area contributed by atoms with Gasteiger partial charge in [-0.25, -0.2) is 0 Å². The zero-order valence-electron chi connectivity index (χ0n) is 7.13. The molecule has 0 radical (unpaired) electrons. The Labute approximate surface area is 67.4 Å². The molecule has 0 heterocycles. The molecule has 0 aromatic carbocycles. The van der Waals surface area contributed by atoms with Crippen LogP contribution in [0, 0.1) is 11.8 Å². The summed E-state index contributed by atoms with van der Waals surface area (Å²) in [5, 5.41) is 0. The Kier molecular flexibility index (Phi) is 3.82. The predicted octanol–water partition coefficient (Wildman–Crippen LogP) is 0.259. The molecule has 0 bridgehead atoms. The summed E-state index contributed by atoms with van der Waals surface area (Å²) in [6.07, 6.45) is 0. The van der Waals surface area contributed by atoms with E-state index >= 15 is 0 Å². The van der Waals surface area contributed by atoms with E-state index in [1.165, 1.54) is 6.92 Å². The molecule has 0 fully saturated rings. The average molecular weight is 156 g/mol. The Morgan fingerprint density at radius 3 is 2.18 bits per heavy atom. The number of nitrogens with two attached hydrogens (primary N) is 2. The van der Waals surface area contributed by atoms with Crippen LogP contribution in [-0.2, 0) is 4.79 Å². The van der Waals surface area contributed by atoms with E-state index in [0.29, 0.717) is 12.2 Å². The Balaban J connectivity index is 4.34. The molecular weight excluding hydrogens is 140 g/mol. The first kappa shape index (κ1) is 10.2. The van der Waals surface area contributed by atoms with Crippen LogP contribution in [0.2, 0.25) is 0 Å². The molecule has 0 aromatic rings. The smallest absolute Gasteiger partial charge is 0.139 e. The van der Waals surface area contributed by atoms with Crippen LogP contribution < -0.4 is 11.5 Å². The summed E-state index contributed by atoms with van der Waals surface area (Å²) in [6, 6.07) is 0. The molecular formula is C8H16N2O. The van der Waals surface area contributed by atoms with Crippen molar-refractivity contribution in [2.24, 2.45) is 23.3 Å². The van der Waals surface area contributed by atoms with E-state index in [9.17, 15) is 4.79 Å². The second-order valence-electron chi connectivity index (χ2n) is 2.88. The van der Waals surface area contributed by atoms with Crippen LogP contribution in [0.3, 0.4) is 0 Å². The maximum atomic E-state index is 11.0. The molecule has 3 nitrogen and oxygen atoms in total. The van der Waals surface area contributed by atoms with Crippen molar-refractivity contribution in [3.05, 3.63) is 12.3 Å². The minimum absolute atomic E-state index is 0.0375. The number of carbonyl (C=O) groups is 1. The minimum Gasteiger partial charge on any atom is -0.402 e. The Morgan fingerprint density at radius 2 is 2.09 bits per heavy atom. The fraction of sp³-hybridized carbons (Fsp3) is 0.625. The first-order valence-electron chi connectivity index (χ1n) is 3.65.